The lowest BCUT2D eigenvalue weighted by Gasteiger charge is -2.50. The Balaban J connectivity index is 2.87. The maximum atomic E-state index is 2.47. The van der Waals surface area contributed by atoms with Crippen molar-refractivity contribution >= 4 is 22.1 Å². The van der Waals surface area contributed by atoms with Gasteiger partial charge in [-0.05, 0) is 24.4 Å². The van der Waals surface area contributed by atoms with Gasteiger partial charge in [0.2, 0.25) is 0 Å². The molecule has 0 aromatic heterocycles. The van der Waals surface area contributed by atoms with E-state index in [2.05, 4.69) is 77.7 Å². The Morgan fingerprint density at radius 2 is 1.24 bits per heavy atom. The van der Waals surface area contributed by atoms with Crippen molar-refractivity contribution < 1.29 is 0 Å². The lowest BCUT2D eigenvalue weighted by Crippen LogP contribution is -2.71. The van der Waals surface area contributed by atoms with Crippen LogP contribution >= 0.6 is 0 Å². The van der Waals surface area contributed by atoms with Crippen LogP contribution in [0.15, 0.2) is 0 Å². The second kappa shape index (κ2) is 6.30. The summed E-state index contributed by atoms with van der Waals surface area (Å²) in [5, 5.41) is 0. The Hall–Kier alpha value is 0.0748. The van der Waals surface area contributed by atoms with Gasteiger partial charge in [-0.3, -0.25) is 0 Å². The first-order valence-corrected chi connectivity index (χ1v) is 6.90. The average molecular weight is 233 g/mol. The monoisotopic (exact) mass is 233 g/mol. The van der Waals surface area contributed by atoms with Crippen molar-refractivity contribution in [1.29, 1.82) is 0 Å². The van der Waals surface area contributed by atoms with Crippen LogP contribution in [0.2, 0.25) is 6.32 Å². The molecule has 0 bridgehead atoms. The highest BCUT2D eigenvalue weighted by molar-refractivity contribution is 6.74. The van der Waals surface area contributed by atoms with Crippen LogP contribution in [0.4, 0.5) is 0 Å². The van der Waals surface area contributed by atoms with Gasteiger partial charge in [0.05, 0.1) is 0 Å². The zero-order chi connectivity index (χ0) is 13.2. The molecule has 2 radical (unpaired) electrons. The average Bonchev–Trinajstić information content (AvgIpc) is 2.26. The summed E-state index contributed by atoms with van der Waals surface area (Å²) < 4.78 is 7.26. The maximum Gasteiger partial charge on any atom is 0.290 e. The van der Waals surface area contributed by atoms with Crippen molar-refractivity contribution in [3.8, 4) is 0 Å². The number of hydrogen-bond donors (Lipinski definition) is 0. The van der Waals surface area contributed by atoms with Crippen molar-refractivity contribution in [1.82, 2.24) is 14.2 Å². The van der Waals surface area contributed by atoms with E-state index in [1.165, 1.54) is 0 Å². The predicted octanol–water partition coefficient (Wildman–Crippen LogP) is 1.71. The van der Waals surface area contributed by atoms with E-state index in [0.29, 0.717) is 25.1 Å². The van der Waals surface area contributed by atoms with Crippen molar-refractivity contribution in [2.75, 3.05) is 0 Å². The minimum Gasteiger partial charge on any atom is -0.363 e. The number of nitrogens with zero attached hydrogens (tertiary/aromatic N) is 3. The van der Waals surface area contributed by atoms with Gasteiger partial charge in [-0.15, -0.1) is 0 Å². The molecule has 17 heavy (non-hydrogen) atoms. The molecule has 1 rings (SSSR count). The van der Waals surface area contributed by atoms with E-state index in [9.17, 15) is 0 Å². The molecule has 94 valence electrons. The zero-order valence-corrected chi connectivity index (χ0v) is 12.5. The van der Waals surface area contributed by atoms with E-state index >= 15 is 0 Å². The molecule has 6 heteroatoms. The molecule has 0 aromatic carbocycles. The highest BCUT2D eigenvalue weighted by Gasteiger charge is 2.40. The standard InChI is InChI=1S/C11H26B3N3/c1-8-14-16(10(4)5)12-15(9(2)3)13-17(14)11(6)7/h9-11H,8H2,1-7H3. The summed E-state index contributed by atoms with van der Waals surface area (Å²) in [7, 11) is 4.56. The van der Waals surface area contributed by atoms with Gasteiger partial charge in [0.1, 0.15) is 0 Å². The molecule has 0 aliphatic carbocycles. The Kier molecular flexibility index (Phi) is 5.61. The first-order valence-electron chi connectivity index (χ1n) is 6.90. The predicted molar refractivity (Wildman–Crippen MR) is 78.7 cm³/mol. The Bertz CT molecular complexity index is 218. The molecule has 0 amide bonds. The minimum atomic E-state index is 0.491. The van der Waals surface area contributed by atoms with Crippen molar-refractivity contribution in [2.45, 2.75) is 72.9 Å². The molecule has 1 aliphatic rings. The van der Waals surface area contributed by atoms with E-state index in [-0.39, 0.29) is 0 Å². The minimum absolute atomic E-state index is 0.491. The molecule has 0 atom stereocenters. The van der Waals surface area contributed by atoms with Crippen molar-refractivity contribution in [2.24, 2.45) is 0 Å². The highest BCUT2D eigenvalue weighted by atomic mass is 15.3. The topological polar surface area (TPSA) is 9.72 Å². The van der Waals surface area contributed by atoms with E-state index in [4.69, 9.17) is 0 Å². The lowest BCUT2D eigenvalue weighted by atomic mass is 9.54. The summed E-state index contributed by atoms with van der Waals surface area (Å²) in [4.78, 5) is 0. The summed E-state index contributed by atoms with van der Waals surface area (Å²) in [6.45, 7) is 16.3. The third-order valence-corrected chi connectivity index (χ3v) is 3.38. The molecule has 1 heterocycles. The van der Waals surface area contributed by atoms with Gasteiger partial charge in [0.25, 0.3) is 22.1 Å². The summed E-state index contributed by atoms with van der Waals surface area (Å²) in [5.41, 5.74) is 0. The van der Waals surface area contributed by atoms with Gasteiger partial charge in [0.15, 0.2) is 0 Å². The van der Waals surface area contributed by atoms with Crippen molar-refractivity contribution in [3.63, 3.8) is 0 Å². The van der Waals surface area contributed by atoms with Gasteiger partial charge in [-0.2, -0.15) is 0 Å². The van der Waals surface area contributed by atoms with Crippen LogP contribution in [-0.4, -0.2) is 54.4 Å². The fourth-order valence-corrected chi connectivity index (χ4v) is 2.29. The Labute approximate surface area is 110 Å². The molecular weight excluding hydrogens is 207 g/mol. The highest BCUT2D eigenvalue weighted by Crippen LogP contribution is 2.18. The van der Waals surface area contributed by atoms with E-state index in [1.54, 1.807) is 0 Å². The smallest absolute Gasteiger partial charge is 0.290 e. The van der Waals surface area contributed by atoms with E-state index in [0.717, 1.165) is 6.32 Å². The van der Waals surface area contributed by atoms with Crippen LogP contribution in [0.3, 0.4) is 0 Å². The summed E-state index contributed by atoms with van der Waals surface area (Å²) in [5.74, 6) is 0. The van der Waals surface area contributed by atoms with Crippen LogP contribution < -0.4 is 0 Å². The normalized spacial score (nSPS) is 20.2. The SMILES string of the molecule is CCB1N(C(C)C)[B]N(C(C)C)[B]N1C(C)C. The van der Waals surface area contributed by atoms with Gasteiger partial charge in [0, 0.05) is 0 Å². The molecule has 0 spiro atoms. The molecular formula is C11H26B3N3. The Morgan fingerprint density at radius 1 is 0.824 bits per heavy atom. The molecule has 1 saturated heterocycles. The number of rotatable bonds is 4. The second-order valence-corrected chi connectivity index (χ2v) is 5.74. The summed E-state index contributed by atoms with van der Waals surface area (Å²) >= 11 is 0. The molecule has 0 N–H and O–H groups in total. The number of hydrogen-bond acceptors (Lipinski definition) is 3. The van der Waals surface area contributed by atoms with Crippen LogP contribution in [0, 0.1) is 0 Å². The second-order valence-electron chi connectivity index (χ2n) is 5.74. The molecule has 1 fully saturated rings. The van der Waals surface area contributed by atoms with Gasteiger partial charge in [-0.1, -0.05) is 48.5 Å². The fourth-order valence-electron chi connectivity index (χ4n) is 2.29. The third kappa shape index (κ3) is 3.52. The van der Waals surface area contributed by atoms with Crippen LogP contribution in [0.5, 0.6) is 0 Å². The third-order valence-electron chi connectivity index (χ3n) is 3.38. The van der Waals surface area contributed by atoms with Crippen molar-refractivity contribution in [3.05, 3.63) is 0 Å². The molecule has 1 aliphatic heterocycles. The largest absolute Gasteiger partial charge is 0.363 e. The van der Waals surface area contributed by atoms with Crippen LogP contribution in [-0.2, 0) is 0 Å². The van der Waals surface area contributed by atoms with E-state index in [1.807, 2.05) is 0 Å². The molecule has 0 saturated carbocycles. The Morgan fingerprint density at radius 3 is 1.47 bits per heavy atom. The van der Waals surface area contributed by atoms with Crippen LogP contribution in [0.1, 0.15) is 48.5 Å². The van der Waals surface area contributed by atoms with Gasteiger partial charge < -0.3 is 14.2 Å². The maximum absolute atomic E-state index is 2.47. The molecule has 0 unspecified atom stereocenters. The van der Waals surface area contributed by atoms with Gasteiger partial charge in [-0.25, -0.2) is 0 Å². The lowest BCUT2D eigenvalue weighted by molar-refractivity contribution is 0.369. The first-order chi connectivity index (χ1) is 7.88. The quantitative estimate of drug-likeness (QED) is 0.684. The fraction of sp³-hybridized carbons (Fsp3) is 1.00. The summed E-state index contributed by atoms with van der Waals surface area (Å²) in [6.07, 6.45) is 1.15. The van der Waals surface area contributed by atoms with Crippen LogP contribution in [0.25, 0.3) is 0 Å². The molecule has 3 nitrogen and oxygen atoms in total. The summed E-state index contributed by atoms with van der Waals surface area (Å²) in [6, 6.07) is 1.59. The van der Waals surface area contributed by atoms with Gasteiger partial charge >= 0.3 is 0 Å². The molecule has 0 aromatic rings. The first kappa shape index (κ1) is 15.1. The zero-order valence-electron chi connectivity index (χ0n) is 12.5. The van der Waals surface area contributed by atoms with E-state index < -0.39 is 0 Å².